The second kappa shape index (κ2) is 7.79. The highest BCUT2D eigenvalue weighted by Crippen LogP contribution is 2.28. The Morgan fingerprint density at radius 1 is 1.12 bits per heavy atom. The molecule has 0 bridgehead atoms. The summed E-state index contributed by atoms with van der Waals surface area (Å²) in [5.41, 5.74) is 0.605. The molecule has 1 saturated carbocycles. The van der Waals surface area contributed by atoms with Gasteiger partial charge in [-0.25, -0.2) is 0 Å². The maximum absolute atomic E-state index is 12.6. The zero-order chi connectivity index (χ0) is 16.9. The molecule has 1 saturated heterocycles. The van der Waals surface area contributed by atoms with Crippen molar-refractivity contribution in [1.29, 1.82) is 0 Å². The first-order valence-corrected chi connectivity index (χ1v) is 8.94. The summed E-state index contributed by atoms with van der Waals surface area (Å²) in [4.78, 5) is 26.9. The van der Waals surface area contributed by atoms with Crippen LogP contribution >= 0.6 is 0 Å². The van der Waals surface area contributed by atoms with Gasteiger partial charge < -0.3 is 15.3 Å². The van der Waals surface area contributed by atoms with Gasteiger partial charge in [0, 0.05) is 37.1 Å². The fourth-order valence-corrected chi connectivity index (χ4v) is 3.86. The van der Waals surface area contributed by atoms with Crippen LogP contribution in [0.3, 0.4) is 0 Å². The third kappa shape index (κ3) is 3.78. The molecule has 5 nitrogen and oxygen atoms in total. The zero-order valence-corrected chi connectivity index (χ0v) is 14.0. The molecule has 5 heteroatoms. The number of nitrogens with zero attached hydrogens (tertiary/aromatic N) is 1. The minimum absolute atomic E-state index is 0.00490. The van der Waals surface area contributed by atoms with Gasteiger partial charge in [0.15, 0.2) is 0 Å². The van der Waals surface area contributed by atoms with E-state index in [2.05, 4.69) is 5.32 Å². The van der Waals surface area contributed by atoms with E-state index in [1.165, 1.54) is 0 Å². The van der Waals surface area contributed by atoms with Crippen molar-refractivity contribution in [3.8, 4) is 0 Å². The maximum Gasteiger partial charge on any atom is 0.251 e. The topological polar surface area (TPSA) is 69.6 Å². The van der Waals surface area contributed by atoms with Gasteiger partial charge >= 0.3 is 0 Å². The first kappa shape index (κ1) is 17.0. The first-order valence-electron chi connectivity index (χ1n) is 8.94. The molecule has 1 heterocycles. The number of nitrogens with one attached hydrogen (secondary N) is 1. The molecule has 2 aliphatic rings. The molecule has 130 valence electrons. The number of aliphatic hydroxyl groups excluding tert-OH is 1. The molecule has 1 aliphatic heterocycles. The Morgan fingerprint density at radius 2 is 1.83 bits per heavy atom. The van der Waals surface area contributed by atoms with Gasteiger partial charge in [-0.05, 0) is 31.4 Å². The number of carbonyl (C=O) groups excluding carboxylic acids is 2. The standard InChI is InChI=1S/C19H26N2O3/c22-13-16-10-11-21(19(24)15-8-4-5-9-15)12-17(16)20-18(23)14-6-2-1-3-7-14/h1-3,6-7,15-17,22H,4-5,8-13H2,(H,20,23). The maximum atomic E-state index is 12.6. The van der Waals surface area contributed by atoms with E-state index < -0.39 is 0 Å². The Bertz CT molecular complexity index is 569. The lowest BCUT2D eigenvalue weighted by Gasteiger charge is -2.39. The summed E-state index contributed by atoms with van der Waals surface area (Å²) >= 11 is 0. The van der Waals surface area contributed by atoms with Crippen LogP contribution in [0.1, 0.15) is 42.5 Å². The number of aliphatic hydroxyl groups is 1. The van der Waals surface area contributed by atoms with E-state index in [9.17, 15) is 14.7 Å². The van der Waals surface area contributed by atoms with Crippen molar-refractivity contribution < 1.29 is 14.7 Å². The summed E-state index contributed by atoms with van der Waals surface area (Å²) in [5.74, 6) is 0.239. The largest absolute Gasteiger partial charge is 0.396 e. The number of carbonyl (C=O) groups is 2. The van der Waals surface area contributed by atoms with Crippen molar-refractivity contribution in [2.45, 2.75) is 38.1 Å². The summed E-state index contributed by atoms with van der Waals surface area (Å²) < 4.78 is 0. The van der Waals surface area contributed by atoms with Crippen LogP contribution in [0, 0.1) is 11.8 Å². The Balaban J connectivity index is 1.65. The van der Waals surface area contributed by atoms with E-state index >= 15 is 0 Å². The fraction of sp³-hybridized carbons (Fsp3) is 0.579. The quantitative estimate of drug-likeness (QED) is 0.885. The fourth-order valence-electron chi connectivity index (χ4n) is 3.86. The SMILES string of the molecule is O=C(NC1CN(C(=O)C2CCCC2)CCC1CO)c1ccccc1. The van der Waals surface area contributed by atoms with Crippen molar-refractivity contribution in [2.24, 2.45) is 11.8 Å². The average molecular weight is 330 g/mol. The lowest BCUT2D eigenvalue weighted by atomic mass is 9.91. The van der Waals surface area contributed by atoms with Crippen LogP contribution in [-0.4, -0.2) is 47.6 Å². The number of hydrogen-bond acceptors (Lipinski definition) is 3. The highest BCUT2D eigenvalue weighted by Gasteiger charge is 2.35. The van der Waals surface area contributed by atoms with E-state index in [-0.39, 0.29) is 36.3 Å². The predicted molar refractivity (Wildman–Crippen MR) is 91.4 cm³/mol. The molecular weight excluding hydrogens is 304 g/mol. The van der Waals surface area contributed by atoms with Gasteiger partial charge in [-0.15, -0.1) is 0 Å². The minimum Gasteiger partial charge on any atom is -0.396 e. The molecule has 0 spiro atoms. The van der Waals surface area contributed by atoms with Gasteiger partial charge in [0.05, 0.1) is 6.04 Å². The summed E-state index contributed by atoms with van der Waals surface area (Å²) in [6.45, 7) is 1.21. The molecular formula is C19H26N2O3. The number of amides is 2. The smallest absolute Gasteiger partial charge is 0.251 e. The van der Waals surface area contributed by atoms with Crippen LogP contribution in [0.2, 0.25) is 0 Å². The molecule has 2 atom stereocenters. The molecule has 1 aromatic rings. The molecule has 1 aromatic carbocycles. The zero-order valence-electron chi connectivity index (χ0n) is 14.0. The molecule has 2 fully saturated rings. The molecule has 3 rings (SSSR count). The van der Waals surface area contributed by atoms with E-state index in [4.69, 9.17) is 0 Å². The number of benzene rings is 1. The van der Waals surface area contributed by atoms with Gasteiger partial charge in [-0.1, -0.05) is 31.0 Å². The molecule has 2 amide bonds. The number of hydrogen-bond donors (Lipinski definition) is 2. The highest BCUT2D eigenvalue weighted by molar-refractivity contribution is 5.94. The summed E-state index contributed by atoms with van der Waals surface area (Å²) in [6.07, 6.45) is 4.98. The van der Waals surface area contributed by atoms with Crippen molar-refractivity contribution in [3.05, 3.63) is 35.9 Å². The van der Waals surface area contributed by atoms with Crippen molar-refractivity contribution in [1.82, 2.24) is 10.2 Å². The molecule has 2 unspecified atom stereocenters. The Labute approximate surface area is 143 Å². The van der Waals surface area contributed by atoms with Gasteiger partial charge in [0.1, 0.15) is 0 Å². The van der Waals surface area contributed by atoms with Crippen molar-refractivity contribution in [2.75, 3.05) is 19.7 Å². The van der Waals surface area contributed by atoms with Crippen LogP contribution in [0.4, 0.5) is 0 Å². The van der Waals surface area contributed by atoms with Crippen LogP contribution in [0.25, 0.3) is 0 Å². The van der Waals surface area contributed by atoms with Gasteiger partial charge in [0.2, 0.25) is 5.91 Å². The molecule has 24 heavy (non-hydrogen) atoms. The third-order valence-electron chi connectivity index (χ3n) is 5.36. The molecule has 1 aliphatic carbocycles. The number of rotatable bonds is 4. The van der Waals surface area contributed by atoms with E-state index in [1.54, 1.807) is 12.1 Å². The lowest BCUT2D eigenvalue weighted by Crippen LogP contribution is -2.55. The van der Waals surface area contributed by atoms with Crippen molar-refractivity contribution in [3.63, 3.8) is 0 Å². The first-order chi connectivity index (χ1) is 11.7. The normalized spacial score (nSPS) is 24.8. The second-order valence-electron chi connectivity index (χ2n) is 6.94. The van der Waals surface area contributed by atoms with Crippen LogP contribution in [0.15, 0.2) is 30.3 Å². The lowest BCUT2D eigenvalue weighted by molar-refractivity contribution is -0.137. The van der Waals surface area contributed by atoms with E-state index in [1.807, 2.05) is 23.1 Å². The summed E-state index contributed by atoms with van der Waals surface area (Å²) in [6, 6.07) is 8.88. The summed E-state index contributed by atoms with van der Waals surface area (Å²) in [5, 5.41) is 12.6. The number of piperidine rings is 1. The van der Waals surface area contributed by atoms with Crippen LogP contribution in [0.5, 0.6) is 0 Å². The Morgan fingerprint density at radius 3 is 2.50 bits per heavy atom. The third-order valence-corrected chi connectivity index (χ3v) is 5.36. The number of likely N-dealkylation sites (tertiary alicyclic amines) is 1. The van der Waals surface area contributed by atoms with Gasteiger partial charge in [-0.2, -0.15) is 0 Å². The average Bonchev–Trinajstić information content (AvgIpc) is 3.16. The molecule has 0 radical (unpaired) electrons. The second-order valence-corrected chi connectivity index (χ2v) is 6.94. The van der Waals surface area contributed by atoms with Crippen molar-refractivity contribution >= 4 is 11.8 Å². The summed E-state index contributed by atoms with van der Waals surface area (Å²) in [7, 11) is 0. The van der Waals surface area contributed by atoms with E-state index in [0.29, 0.717) is 18.7 Å². The Kier molecular flexibility index (Phi) is 5.51. The van der Waals surface area contributed by atoms with Crippen LogP contribution < -0.4 is 5.32 Å². The molecule has 0 aromatic heterocycles. The van der Waals surface area contributed by atoms with Gasteiger partial charge in [-0.3, -0.25) is 9.59 Å². The highest BCUT2D eigenvalue weighted by atomic mass is 16.3. The van der Waals surface area contributed by atoms with E-state index in [0.717, 1.165) is 32.1 Å². The Hall–Kier alpha value is -1.88. The minimum atomic E-state index is -0.193. The van der Waals surface area contributed by atoms with Crippen LogP contribution in [-0.2, 0) is 4.79 Å². The monoisotopic (exact) mass is 330 g/mol. The molecule has 2 N–H and O–H groups in total. The predicted octanol–water partition coefficient (Wildman–Crippen LogP) is 1.82. The van der Waals surface area contributed by atoms with Gasteiger partial charge in [0.25, 0.3) is 5.91 Å².